The summed E-state index contributed by atoms with van der Waals surface area (Å²) >= 11 is 5.81. The highest BCUT2D eigenvalue weighted by molar-refractivity contribution is 6.29. The quantitative estimate of drug-likeness (QED) is 0.295. The Morgan fingerprint density at radius 1 is 1.14 bits per heavy atom. The molecule has 2 heterocycles. The molecule has 1 unspecified atom stereocenters. The van der Waals surface area contributed by atoms with E-state index >= 15 is 0 Å². The van der Waals surface area contributed by atoms with Gasteiger partial charge in [-0.05, 0) is 37.6 Å². The van der Waals surface area contributed by atoms with Crippen LogP contribution in [0.15, 0.2) is 63.8 Å². The van der Waals surface area contributed by atoms with E-state index in [4.69, 9.17) is 16.0 Å². The number of nitrogens with one attached hydrogen (secondary N) is 1. The first-order valence-corrected chi connectivity index (χ1v) is 10.8. The third kappa shape index (κ3) is 4.72. The van der Waals surface area contributed by atoms with Crippen LogP contribution in [0, 0.1) is 6.92 Å². The van der Waals surface area contributed by atoms with Crippen LogP contribution in [0.25, 0.3) is 22.3 Å². The molecule has 0 amide bonds. The number of rotatable bonds is 5. The van der Waals surface area contributed by atoms with Crippen LogP contribution in [0.1, 0.15) is 40.1 Å². The maximum absolute atomic E-state index is 14.0. The zero-order valence-corrected chi connectivity index (χ0v) is 19.2. The summed E-state index contributed by atoms with van der Waals surface area (Å²) in [6.45, 7) is 3.30. The summed E-state index contributed by atoms with van der Waals surface area (Å²) in [7, 11) is 0. The molecule has 1 atom stereocenters. The number of hydrogen-bond acceptors (Lipinski definition) is 5. The Morgan fingerprint density at radius 2 is 1.83 bits per heavy atom. The average Bonchev–Trinajstić information content (AvgIpc) is 2.79. The Morgan fingerprint density at radius 3 is 2.46 bits per heavy atom. The lowest BCUT2D eigenvalue weighted by Gasteiger charge is -2.20. The van der Waals surface area contributed by atoms with Crippen LogP contribution in [0.3, 0.4) is 0 Å². The van der Waals surface area contributed by atoms with Gasteiger partial charge in [0.1, 0.15) is 16.3 Å². The van der Waals surface area contributed by atoms with Crippen LogP contribution in [-0.2, 0) is 6.18 Å². The van der Waals surface area contributed by atoms with Crippen LogP contribution in [-0.4, -0.2) is 16.1 Å². The van der Waals surface area contributed by atoms with Gasteiger partial charge in [0, 0.05) is 11.1 Å². The summed E-state index contributed by atoms with van der Waals surface area (Å²) in [6, 6.07) is 12.7. The highest BCUT2D eigenvalue weighted by atomic mass is 35.5. The van der Waals surface area contributed by atoms with E-state index in [0.717, 1.165) is 0 Å². The van der Waals surface area contributed by atoms with Crippen LogP contribution in [0.4, 0.5) is 18.9 Å². The van der Waals surface area contributed by atoms with E-state index in [-0.39, 0.29) is 33.1 Å². The minimum absolute atomic E-state index is 0.0141. The van der Waals surface area contributed by atoms with Gasteiger partial charge in [0.2, 0.25) is 5.43 Å². The van der Waals surface area contributed by atoms with Crippen molar-refractivity contribution in [2.75, 3.05) is 5.32 Å². The van der Waals surface area contributed by atoms with Gasteiger partial charge < -0.3 is 14.8 Å². The molecule has 6 nitrogen and oxygen atoms in total. The van der Waals surface area contributed by atoms with E-state index in [2.05, 4.69) is 10.3 Å². The average molecular weight is 503 g/mol. The topological polar surface area (TPSA) is 92.4 Å². The SMILES string of the molecule is Cc1cc(C(C)Nc2ccc(Cl)nc2C(=O)O)c2oc(-c3ccccc3)c(C(F)(F)F)c(=O)c2c1. The summed E-state index contributed by atoms with van der Waals surface area (Å²) in [6.07, 6.45) is -4.95. The lowest BCUT2D eigenvalue weighted by atomic mass is 9.98. The van der Waals surface area contributed by atoms with Crippen molar-refractivity contribution in [1.82, 2.24) is 4.98 Å². The second-order valence-electron chi connectivity index (χ2n) is 7.93. The molecule has 35 heavy (non-hydrogen) atoms. The van der Waals surface area contributed by atoms with Crippen LogP contribution < -0.4 is 10.7 Å². The molecule has 2 N–H and O–H groups in total. The number of benzene rings is 2. The van der Waals surface area contributed by atoms with Crippen molar-refractivity contribution in [2.24, 2.45) is 0 Å². The fourth-order valence-electron chi connectivity index (χ4n) is 3.87. The Kier molecular flexibility index (Phi) is 6.29. The van der Waals surface area contributed by atoms with Gasteiger partial charge in [-0.1, -0.05) is 48.0 Å². The zero-order valence-electron chi connectivity index (χ0n) is 18.4. The highest BCUT2D eigenvalue weighted by Gasteiger charge is 2.39. The Labute approximate surface area is 202 Å². The van der Waals surface area contributed by atoms with Gasteiger partial charge in [-0.15, -0.1) is 0 Å². The van der Waals surface area contributed by atoms with Gasteiger partial charge in [-0.3, -0.25) is 4.79 Å². The van der Waals surface area contributed by atoms with E-state index in [9.17, 15) is 27.9 Å². The smallest absolute Gasteiger partial charge is 0.423 e. The standard InChI is InChI=1S/C25H18ClF3N2O4/c1-12-10-15(13(2)30-17-8-9-18(26)31-20(17)24(33)34)23-16(11-12)21(32)19(25(27,28)29)22(35-23)14-6-4-3-5-7-14/h3-11,13,30H,1-2H3,(H,33,34). The molecule has 0 aliphatic rings. The molecule has 0 fully saturated rings. The lowest BCUT2D eigenvalue weighted by molar-refractivity contribution is -0.138. The number of carbonyl (C=O) groups is 1. The van der Waals surface area contributed by atoms with E-state index < -0.39 is 34.9 Å². The number of aromatic nitrogens is 1. The number of aromatic carboxylic acids is 1. The molecule has 2 aromatic heterocycles. The molecule has 2 aromatic carbocycles. The lowest BCUT2D eigenvalue weighted by Crippen LogP contribution is -2.22. The van der Waals surface area contributed by atoms with Gasteiger partial charge in [0.15, 0.2) is 11.5 Å². The van der Waals surface area contributed by atoms with E-state index in [1.807, 2.05) is 0 Å². The summed E-state index contributed by atoms with van der Waals surface area (Å²) in [5.74, 6) is -1.91. The summed E-state index contributed by atoms with van der Waals surface area (Å²) in [5, 5.41) is 12.2. The van der Waals surface area contributed by atoms with E-state index in [0.29, 0.717) is 11.1 Å². The molecule has 0 spiro atoms. The Bertz CT molecular complexity index is 1500. The number of halogens is 4. The second-order valence-corrected chi connectivity index (χ2v) is 8.32. The number of carboxylic acid groups (broad SMARTS) is 1. The fraction of sp³-hybridized carbons (Fsp3) is 0.160. The van der Waals surface area contributed by atoms with Gasteiger partial charge in [0.05, 0.1) is 17.1 Å². The third-order valence-electron chi connectivity index (χ3n) is 5.39. The molecular formula is C25H18ClF3N2O4. The maximum atomic E-state index is 14.0. The van der Waals surface area contributed by atoms with Gasteiger partial charge in [-0.2, -0.15) is 13.2 Å². The Balaban J connectivity index is 1.96. The summed E-state index contributed by atoms with van der Waals surface area (Å²) < 4.78 is 47.7. The number of hydrogen-bond donors (Lipinski definition) is 2. The first kappa shape index (κ1) is 24.3. The number of aryl methyl sites for hydroxylation is 1. The number of pyridine rings is 1. The molecule has 0 aliphatic heterocycles. The van der Waals surface area contributed by atoms with Crippen LogP contribution >= 0.6 is 11.6 Å². The predicted octanol–water partition coefficient (Wildman–Crippen LogP) is 6.71. The van der Waals surface area contributed by atoms with Crippen molar-refractivity contribution in [3.8, 4) is 11.3 Å². The predicted molar refractivity (Wildman–Crippen MR) is 126 cm³/mol. The molecule has 180 valence electrons. The highest BCUT2D eigenvalue weighted by Crippen LogP contribution is 2.39. The van der Waals surface area contributed by atoms with Crippen molar-refractivity contribution in [2.45, 2.75) is 26.1 Å². The van der Waals surface area contributed by atoms with E-state index in [1.54, 1.807) is 38.1 Å². The fourth-order valence-corrected chi connectivity index (χ4v) is 4.02. The number of carboxylic acids is 1. The van der Waals surface area contributed by atoms with Crippen LogP contribution in [0.5, 0.6) is 0 Å². The normalized spacial score (nSPS) is 12.5. The first-order valence-electron chi connectivity index (χ1n) is 10.4. The van der Waals surface area contributed by atoms with E-state index in [1.165, 1.54) is 30.3 Å². The number of anilines is 1. The molecule has 0 aliphatic carbocycles. The molecular weight excluding hydrogens is 485 g/mol. The van der Waals surface area contributed by atoms with Crippen molar-refractivity contribution in [3.05, 3.63) is 92.4 Å². The molecule has 0 radical (unpaired) electrons. The minimum Gasteiger partial charge on any atom is -0.476 e. The van der Waals surface area contributed by atoms with Crippen molar-refractivity contribution < 1.29 is 27.5 Å². The molecule has 0 bridgehead atoms. The van der Waals surface area contributed by atoms with Crippen molar-refractivity contribution >= 4 is 34.2 Å². The monoisotopic (exact) mass is 502 g/mol. The third-order valence-corrected chi connectivity index (χ3v) is 5.60. The molecule has 4 rings (SSSR count). The minimum atomic E-state index is -4.95. The number of nitrogens with zero attached hydrogens (tertiary/aromatic N) is 1. The molecule has 0 saturated heterocycles. The van der Waals surface area contributed by atoms with Crippen LogP contribution in [0.2, 0.25) is 5.15 Å². The largest absolute Gasteiger partial charge is 0.476 e. The molecule has 10 heteroatoms. The molecule has 0 saturated carbocycles. The van der Waals surface area contributed by atoms with Gasteiger partial charge >= 0.3 is 12.1 Å². The van der Waals surface area contributed by atoms with Crippen molar-refractivity contribution in [1.29, 1.82) is 0 Å². The second kappa shape index (κ2) is 9.07. The van der Waals surface area contributed by atoms with Gasteiger partial charge in [0.25, 0.3) is 0 Å². The first-order chi connectivity index (χ1) is 16.5. The van der Waals surface area contributed by atoms with Gasteiger partial charge in [-0.25, -0.2) is 9.78 Å². The Hall–Kier alpha value is -3.85. The number of fused-ring (bicyclic) bond motifs is 1. The maximum Gasteiger partial charge on any atom is 0.423 e. The van der Waals surface area contributed by atoms with Crippen molar-refractivity contribution in [3.63, 3.8) is 0 Å². The summed E-state index contributed by atoms with van der Waals surface area (Å²) in [4.78, 5) is 28.6. The number of alkyl halides is 3. The zero-order chi connectivity index (χ0) is 25.5. The molecule has 4 aromatic rings. The summed E-state index contributed by atoms with van der Waals surface area (Å²) in [5.41, 5.74) is -1.81.